The van der Waals surface area contributed by atoms with Gasteiger partial charge in [-0.3, -0.25) is 0 Å². The minimum Gasteiger partial charge on any atom is -0.372 e. The Morgan fingerprint density at radius 1 is 1.62 bits per heavy atom. The maximum absolute atomic E-state index is 5.31. The molecule has 1 unspecified atom stereocenters. The summed E-state index contributed by atoms with van der Waals surface area (Å²) in [6, 6.07) is 0. The molecule has 0 aromatic rings. The van der Waals surface area contributed by atoms with Crippen LogP contribution in [0.2, 0.25) is 0 Å². The fourth-order valence-corrected chi connectivity index (χ4v) is 0.890. The number of rotatable bonds is 0. The normalized spacial score (nSPS) is 33.0. The Labute approximate surface area is 51.0 Å². The summed E-state index contributed by atoms with van der Waals surface area (Å²) in [5, 5.41) is 0. The monoisotopic (exact) mass is 113 g/mol. The highest BCUT2D eigenvalue weighted by Crippen LogP contribution is 2.21. The lowest BCUT2D eigenvalue weighted by atomic mass is 10.0. The molecule has 1 aliphatic rings. The molecule has 1 radical (unpaired) electrons. The van der Waals surface area contributed by atoms with Crippen molar-refractivity contribution in [2.75, 3.05) is 6.61 Å². The molecule has 0 saturated carbocycles. The molecule has 1 atom stereocenters. The van der Waals surface area contributed by atoms with E-state index in [1.165, 1.54) is 18.9 Å². The molecule has 0 aromatic carbocycles. The largest absolute Gasteiger partial charge is 0.372 e. The predicted octanol–water partition coefficient (Wildman–Crippen LogP) is 1.98. The van der Waals surface area contributed by atoms with Gasteiger partial charge in [-0.1, -0.05) is 6.92 Å². The van der Waals surface area contributed by atoms with Crippen LogP contribution in [0.15, 0.2) is 0 Å². The van der Waals surface area contributed by atoms with Crippen molar-refractivity contribution in [3.8, 4) is 0 Å². The zero-order valence-corrected chi connectivity index (χ0v) is 5.61. The molecule has 1 fully saturated rings. The van der Waals surface area contributed by atoms with Gasteiger partial charge in [0.15, 0.2) is 0 Å². The van der Waals surface area contributed by atoms with Gasteiger partial charge in [0.2, 0.25) is 0 Å². The molecule has 1 nitrogen and oxygen atoms in total. The van der Waals surface area contributed by atoms with Gasteiger partial charge < -0.3 is 4.74 Å². The Kier molecular flexibility index (Phi) is 1.90. The van der Waals surface area contributed by atoms with E-state index < -0.39 is 0 Å². The Bertz CT molecular complexity index is 52.8. The first kappa shape index (κ1) is 6.09. The molecule has 8 heavy (non-hydrogen) atoms. The third kappa shape index (κ3) is 1.48. The number of hydrogen-bond donors (Lipinski definition) is 0. The van der Waals surface area contributed by atoms with E-state index in [2.05, 4.69) is 13.8 Å². The van der Waals surface area contributed by atoms with Gasteiger partial charge in [0.1, 0.15) is 0 Å². The van der Waals surface area contributed by atoms with E-state index in [-0.39, 0.29) is 0 Å². The molecular formula is C7H13O. The molecule has 1 saturated heterocycles. The Morgan fingerprint density at radius 2 is 2.38 bits per heavy atom. The highest BCUT2D eigenvalue weighted by molar-refractivity contribution is 4.77. The fourth-order valence-electron chi connectivity index (χ4n) is 0.890. The smallest absolute Gasteiger partial charge is 0.0940 e. The SMILES string of the molecule is C[C]1CCC(C)CO1. The van der Waals surface area contributed by atoms with Gasteiger partial charge in [-0.25, -0.2) is 0 Å². The molecule has 1 aliphatic heterocycles. The van der Waals surface area contributed by atoms with Crippen molar-refractivity contribution >= 4 is 0 Å². The van der Waals surface area contributed by atoms with Crippen LogP contribution in [0.25, 0.3) is 0 Å². The van der Waals surface area contributed by atoms with Gasteiger partial charge in [-0.2, -0.15) is 0 Å². The van der Waals surface area contributed by atoms with Crippen molar-refractivity contribution in [2.45, 2.75) is 26.7 Å². The molecular weight excluding hydrogens is 100 g/mol. The summed E-state index contributed by atoms with van der Waals surface area (Å²) >= 11 is 0. The van der Waals surface area contributed by atoms with E-state index in [4.69, 9.17) is 4.74 Å². The summed E-state index contributed by atoms with van der Waals surface area (Å²) in [6.45, 7) is 5.23. The van der Waals surface area contributed by atoms with Crippen molar-refractivity contribution in [1.82, 2.24) is 0 Å². The van der Waals surface area contributed by atoms with Crippen LogP contribution < -0.4 is 0 Å². The van der Waals surface area contributed by atoms with E-state index in [1.54, 1.807) is 0 Å². The van der Waals surface area contributed by atoms with Gasteiger partial charge in [-0.15, -0.1) is 0 Å². The van der Waals surface area contributed by atoms with E-state index in [9.17, 15) is 0 Å². The lowest BCUT2D eigenvalue weighted by molar-refractivity contribution is 0.0713. The van der Waals surface area contributed by atoms with Crippen molar-refractivity contribution in [2.24, 2.45) is 5.92 Å². The molecule has 1 rings (SSSR count). The first-order valence-electron chi connectivity index (χ1n) is 3.24. The average Bonchev–Trinajstić information content (AvgIpc) is 1.77. The summed E-state index contributed by atoms with van der Waals surface area (Å²) in [4.78, 5) is 0. The van der Waals surface area contributed by atoms with Gasteiger partial charge >= 0.3 is 0 Å². The quantitative estimate of drug-likeness (QED) is 0.466. The van der Waals surface area contributed by atoms with Crippen LogP contribution in [-0.4, -0.2) is 6.61 Å². The zero-order valence-electron chi connectivity index (χ0n) is 5.61. The van der Waals surface area contributed by atoms with E-state index >= 15 is 0 Å². The van der Waals surface area contributed by atoms with Crippen LogP contribution in [0.3, 0.4) is 0 Å². The standard InChI is InChI=1S/C7H13O/c1-6-3-4-7(2)8-5-6/h6H,3-5H2,1-2H3. The Hall–Kier alpha value is -0.0400. The van der Waals surface area contributed by atoms with Crippen LogP contribution in [0.4, 0.5) is 0 Å². The lowest BCUT2D eigenvalue weighted by Gasteiger charge is -2.22. The van der Waals surface area contributed by atoms with Gasteiger partial charge in [0.25, 0.3) is 0 Å². The molecule has 1 heteroatoms. The fraction of sp³-hybridized carbons (Fsp3) is 0.857. The molecule has 0 amide bonds. The highest BCUT2D eigenvalue weighted by atomic mass is 16.5. The summed E-state index contributed by atoms with van der Waals surface area (Å²) in [7, 11) is 0. The second-order valence-electron chi connectivity index (χ2n) is 2.66. The van der Waals surface area contributed by atoms with Crippen LogP contribution in [0, 0.1) is 12.0 Å². The van der Waals surface area contributed by atoms with E-state index in [1.807, 2.05) is 0 Å². The average molecular weight is 113 g/mol. The minimum absolute atomic E-state index is 0.777. The molecule has 47 valence electrons. The predicted molar refractivity (Wildman–Crippen MR) is 33.3 cm³/mol. The van der Waals surface area contributed by atoms with E-state index in [0.29, 0.717) is 0 Å². The zero-order chi connectivity index (χ0) is 5.98. The van der Waals surface area contributed by atoms with Crippen LogP contribution in [0.5, 0.6) is 0 Å². The van der Waals surface area contributed by atoms with Crippen molar-refractivity contribution < 1.29 is 4.74 Å². The summed E-state index contributed by atoms with van der Waals surface area (Å²) in [6.07, 6.45) is 3.69. The van der Waals surface area contributed by atoms with Crippen molar-refractivity contribution in [3.63, 3.8) is 0 Å². The van der Waals surface area contributed by atoms with E-state index in [0.717, 1.165) is 12.5 Å². The molecule has 0 spiro atoms. The molecule has 0 N–H and O–H groups in total. The Morgan fingerprint density at radius 3 is 2.75 bits per heavy atom. The van der Waals surface area contributed by atoms with Gasteiger partial charge in [-0.05, 0) is 25.7 Å². The number of hydrogen-bond acceptors (Lipinski definition) is 1. The lowest BCUT2D eigenvalue weighted by Crippen LogP contribution is -2.15. The maximum Gasteiger partial charge on any atom is 0.0940 e. The topological polar surface area (TPSA) is 9.23 Å². The molecule has 0 bridgehead atoms. The Balaban J connectivity index is 2.19. The van der Waals surface area contributed by atoms with Crippen molar-refractivity contribution in [3.05, 3.63) is 6.10 Å². The molecule has 1 heterocycles. The maximum atomic E-state index is 5.31. The van der Waals surface area contributed by atoms with Crippen LogP contribution >= 0.6 is 0 Å². The summed E-state index contributed by atoms with van der Waals surface area (Å²) in [5.41, 5.74) is 0. The van der Waals surface area contributed by atoms with Gasteiger partial charge in [0, 0.05) is 0 Å². The van der Waals surface area contributed by atoms with Crippen molar-refractivity contribution in [1.29, 1.82) is 0 Å². The summed E-state index contributed by atoms with van der Waals surface area (Å²) < 4.78 is 5.31. The third-order valence-corrected chi connectivity index (χ3v) is 1.60. The highest BCUT2D eigenvalue weighted by Gasteiger charge is 2.14. The number of ether oxygens (including phenoxy) is 1. The van der Waals surface area contributed by atoms with Crippen LogP contribution in [-0.2, 0) is 4.74 Å². The first-order chi connectivity index (χ1) is 3.79. The molecule has 0 aliphatic carbocycles. The first-order valence-corrected chi connectivity index (χ1v) is 3.24. The second kappa shape index (κ2) is 2.49. The summed E-state index contributed by atoms with van der Waals surface area (Å²) in [5.74, 6) is 0.777. The second-order valence-corrected chi connectivity index (χ2v) is 2.66. The van der Waals surface area contributed by atoms with Crippen LogP contribution in [0.1, 0.15) is 26.7 Å². The van der Waals surface area contributed by atoms with Gasteiger partial charge in [0.05, 0.1) is 12.7 Å². The minimum atomic E-state index is 0.777. The molecule has 0 aromatic heterocycles. The third-order valence-electron chi connectivity index (χ3n) is 1.60.